The molecule has 1 aromatic heterocycles. The van der Waals surface area contributed by atoms with Gasteiger partial charge >= 0.3 is 0 Å². The minimum absolute atomic E-state index is 0.00488. The highest BCUT2D eigenvalue weighted by Gasteiger charge is 2.43. The van der Waals surface area contributed by atoms with E-state index in [2.05, 4.69) is 45.9 Å². The van der Waals surface area contributed by atoms with Crippen LogP contribution in [-0.4, -0.2) is 92.2 Å². The van der Waals surface area contributed by atoms with Crippen molar-refractivity contribution in [2.45, 2.75) is 31.5 Å². The van der Waals surface area contributed by atoms with Crippen LogP contribution in [0.15, 0.2) is 12.3 Å². The molecule has 0 amide bonds. The van der Waals surface area contributed by atoms with E-state index in [-0.39, 0.29) is 29.1 Å². The Kier molecular flexibility index (Phi) is 4.36. The monoisotopic (exact) mass is 380 g/mol. The average molecular weight is 381 g/mol. The van der Waals surface area contributed by atoms with Crippen molar-refractivity contribution in [1.82, 2.24) is 20.2 Å². The molecule has 0 aromatic carbocycles. The van der Waals surface area contributed by atoms with Crippen LogP contribution in [0.5, 0.6) is 0 Å². The molecule has 3 aliphatic rings. The summed E-state index contributed by atoms with van der Waals surface area (Å²) in [5.74, 6) is 1.99. The van der Waals surface area contributed by atoms with Crippen LogP contribution in [0.2, 0.25) is 0 Å². The maximum absolute atomic E-state index is 12.1. The van der Waals surface area contributed by atoms with Crippen molar-refractivity contribution in [1.29, 1.82) is 0 Å². The minimum Gasteiger partial charge on any atom is -0.350 e. The number of nitrogens with zero attached hydrogens (tertiary/aromatic N) is 5. The van der Waals surface area contributed by atoms with Gasteiger partial charge in [-0.25, -0.2) is 13.4 Å². The number of hydrogen-bond donors (Lipinski definition) is 1. The molecule has 0 unspecified atom stereocenters. The van der Waals surface area contributed by atoms with E-state index >= 15 is 0 Å². The maximum atomic E-state index is 12.1. The van der Waals surface area contributed by atoms with E-state index in [1.165, 1.54) is 0 Å². The van der Waals surface area contributed by atoms with Gasteiger partial charge in [-0.2, -0.15) is 4.98 Å². The van der Waals surface area contributed by atoms with Gasteiger partial charge < -0.3 is 15.1 Å². The molecule has 4 heterocycles. The van der Waals surface area contributed by atoms with Gasteiger partial charge in [-0.05, 0) is 27.0 Å². The summed E-state index contributed by atoms with van der Waals surface area (Å²) >= 11 is 0. The van der Waals surface area contributed by atoms with E-state index in [1.54, 1.807) is 6.20 Å². The Morgan fingerprint density at radius 2 is 2.04 bits per heavy atom. The Morgan fingerprint density at radius 1 is 1.23 bits per heavy atom. The van der Waals surface area contributed by atoms with Gasteiger partial charge in [0.1, 0.15) is 5.82 Å². The SMILES string of the molecule is CN1CCN(c2nccc(N3CCN[C@@H]4CS(=O)(=O)C[C@@H]43)n2)CC1(C)C. The van der Waals surface area contributed by atoms with Crippen LogP contribution in [0, 0.1) is 0 Å². The first kappa shape index (κ1) is 17.9. The number of aromatic nitrogens is 2. The summed E-state index contributed by atoms with van der Waals surface area (Å²) < 4.78 is 24.2. The van der Waals surface area contributed by atoms with E-state index in [0.717, 1.165) is 44.5 Å². The molecule has 0 saturated carbocycles. The molecule has 3 saturated heterocycles. The number of hydrogen-bond acceptors (Lipinski definition) is 8. The Bertz CT molecular complexity index is 783. The van der Waals surface area contributed by atoms with Crippen LogP contribution < -0.4 is 15.1 Å². The first-order chi connectivity index (χ1) is 12.3. The predicted molar refractivity (Wildman–Crippen MR) is 103 cm³/mol. The molecule has 0 spiro atoms. The lowest BCUT2D eigenvalue weighted by molar-refractivity contribution is 0.138. The zero-order chi connectivity index (χ0) is 18.5. The molecule has 3 fully saturated rings. The second-order valence-electron chi connectivity index (χ2n) is 8.27. The topological polar surface area (TPSA) is 81.7 Å². The van der Waals surface area contributed by atoms with Crippen LogP contribution in [0.1, 0.15) is 13.8 Å². The zero-order valence-corrected chi connectivity index (χ0v) is 16.5. The van der Waals surface area contributed by atoms with E-state index in [4.69, 9.17) is 4.98 Å². The van der Waals surface area contributed by atoms with Gasteiger partial charge in [0.25, 0.3) is 0 Å². The Balaban J connectivity index is 1.58. The number of piperazine rings is 2. The Morgan fingerprint density at radius 3 is 2.81 bits per heavy atom. The highest BCUT2D eigenvalue weighted by molar-refractivity contribution is 7.91. The number of fused-ring (bicyclic) bond motifs is 1. The van der Waals surface area contributed by atoms with Gasteiger partial charge in [0.2, 0.25) is 5.95 Å². The second kappa shape index (κ2) is 6.31. The largest absolute Gasteiger partial charge is 0.350 e. The van der Waals surface area contributed by atoms with Crippen molar-refractivity contribution in [2.75, 3.05) is 61.1 Å². The van der Waals surface area contributed by atoms with Crippen molar-refractivity contribution in [3.8, 4) is 0 Å². The molecule has 0 radical (unpaired) electrons. The van der Waals surface area contributed by atoms with Crippen LogP contribution in [0.4, 0.5) is 11.8 Å². The molecular weight excluding hydrogens is 352 g/mol. The molecule has 9 heteroatoms. The number of anilines is 2. The first-order valence-corrected chi connectivity index (χ1v) is 11.1. The molecule has 8 nitrogen and oxygen atoms in total. The molecule has 144 valence electrons. The molecule has 3 aliphatic heterocycles. The number of likely N-dealkylation sites (N-methyl/N-ethyl adjacent to an activating group) is 1. The van der Waals surface area contributed by atoms with Crippen LogP contribution >= 0.6 is 0 Å². The normalized spacial score (nSPS) is 31.0. The van der Waals surface area contributed by atoms with E-state index in [1.807, 2.05) is 6.07 Å². The summed E-state index contributed by atoms with van der Waals surface area (Å²) in [4.78, 5) is 16.1. The molecule has 2 atom stereocenters. The van der Waals surface area contributed by atoms with Crippen molar-refractivity contribution in [3.63, 3.8) is 0 Å². The summed E-state index contributed by atoms with van der Waals surface area (Å²) in [5, 5.41) is 3.35. The molecule has 1 aromatic rings. The lowest BCUT2D eigenvalue weighted by Crippen LogP contribution is -2.58. The zero-order valence-electron chi connectivity index (χ0n) is 15.7. The number of sulfone groups is 1. The van der Waals surface area contributed by atoms with Gasteiger partial charge in [-0.15, -0.1) is 0 Å². The Hall–Kier alpha value is -1.45. The highest BCUT2D eigenvalue weighted by Crippen LogP contribution is 2.28. The van der Waals surface area contributed by atoms with Gasteiger partial charge in [-0.3, -0.25) is 4.90 Å². The van der Waals surface area contributed by atoms with Crippen LogP contribution in [-0.2, 0) is 9.84 Å². The summed E-state index contributed by atoms with van der Waals surface area (Å²) in [7, 11) is -0.837. The summed E-state index contributed by atoms with van der Waals surface area (Å²) in [6.07, 6.45) is 1.80. The van der Waals surface area contributed by atoms with Gasteiger partial charge in [0.05, 0.1) is 17.5 Å². The van der Waals surface area contributed by atoms with Crippen molar-refractivity contribution in [2.24, 2.45) is 0 Å². The third-order valence-electron chi connectivity index (χ3n) is 6.00. The smallest absolute Gasteiger partial charge is 0.227 e. The third-order valence-corrected chi connectivity index (χ3v) is 7.72. The summed E-state index contributed by atoms with van der Waals surface area (Å²) in [6.45, 7) is 8.73. The molecule has 1 N–H and O–H groups in total. The molecule has 26 heavy (non-hydrogen) atoms. The second-order valence-corrected chi connectivity index (χ2v) is 10.4. The number of nitrogens with one attached hydrogen (secondary N) is 1. The fraction of sp³-hybridized carbons (Fsp3) is 0.765. The van der Waals surface area contributed by atoms with Gasteiger partial charge in [0.15, 0.2) is 9.84 Å². The number of rotatable bonds is 2. The van der Waals surface area contributed by atoms with Crippen molar-refractivity contribution < 1.29 is 8.42 Å². The summed E-state index contributed by atoms with van der Waals surface area (Å²) in [6, 6.07) is 1.85. The van der Waals surface area contributed by atoms with Crippen molar-refractivity contribution in [3.05, 3.63) is 12.3 Å². The standard InChI is InChI=1S/C17H28N6O2S/c1-17(2)12-22(9-8-21(17)3)16-19-5-4-15(20-16)23-7-6-18-13-10-26(24,25)11-14(13)23/h4-5,13-14,18H,6-12H2,1-3H3/t13-,14+/m1/s1. The molecule has 0 bridgehead atoms. The molecule has 0 aliphatic carbocycles. The van der Waals surface area contributed by atoms with Crippen LogP contribution in [0.25, 0.3) is 0 Å². The fourth-order valence-corrected chi connectivity index (χ4v) is 6.17. The summed E-state index contributed by atoms with van der Waals surface area (Å²) in [5.41, 5.74) is 0.0668. The van der Waals surface area contributed by atoms with E-state index < -0.39 is 9.84 Å². The van der Waals surface area contributed by atoms with Gasteiger partial charge in [0, 0.05) is 50.5 Å². The lowest BCUT2D eigenvalue weighted by Gasteiger charge is -2.45. The molecular formula is C17H28N6O2S. The van der Waals surface area contributed by atoms with Crippen LogP contribution in [0.3, 0.4) is 0 Å². The van der Waals surface area contributed by atoms with Crippen molar-refractivity contribution >= 4 is 21.6 Å². The Labute approximate surface area is 155 Å². The third kappa shape index (κ3) is 3.27. The lowest BCUT2D eigenvalue weighted by atomic mass is 10.0. The first-order valence-electron chi connectivity index (χ1n) is 9.25. The fourth-order valence-electron chi connectivity index (χ4n) is 4.21. The van der Waals surface area contributed by atoms with E-state index in [0.29, 0.717) is 0 Å². The quantitative estimate of drug-likeness (QED) is 0.741. The highest BCUT2D eigenvalue weighted by atomic mass is 32.2. The predicted octanol–water partition coefficient (Wildman–Crippen LogP) is -0.418. The molecule has 4 rings (SSSR count). The minimum atomic E-state index is -2.99. The average Bonchev–Trinajstić information content (AvgIpc) is 2.91. The van der Waals surface area contributed by atoms with Gasteiger partial charge in [-0.1, -0.05) is 0 Å². The maximum Gasteiger partial charge on any atom is 0.227 e. The van der Waals surface area contributed by atoms with E-state index in [9.17, 15) is 8.42 Å².